The number of aromatic amines is 1. The van der Waals surface area contributed by atoms with Crippen molar-refractivity contribution in [3.8, 4) is 5.75 Å². The van der Waals surface area contributed by atoms with Gasteiger partial charge in [-0.05, 0) is 57.6 Å². The highest BCUT2D eigenvalue weighted by Gasteiger charge is 2.31. The molecule has 0 spiro atoms. The molecular formula is C25H34N4O3. The van der Waals surface area contributed by atoms with Crippen LogP contribution in [0.3, 0.4) is 0 Å². The maximum Gasteiger partial charge on any atom is 0.254 e. The number of hydrogen-bond acceptors (Lipinski definition) is 5. The zero-order valence-corrected chi connectivity index (χ0v) is 19.4. The van der Waals surface area contributed by atoms with Gasteiger partial charge in [-0.25, -0.2) is 4.98 Å². The molecule has 2 aromatic rings. The Morgan fingerprint density at radius 3 is 2.84 bits per heavy atom. The Balaban J connectivity index is 1.53. The van der Waals surface area contributed by atoms with E-state index in [1.807, 2.05) is 29.2 Å². The maximum absolute atomic E-state index is 13.2. The molecule has 0 unspecified atom stereocenters. The molecule has 2 aliphatic heterocycles. The molecule has 1 aromatic heterocycles. The van der Waals surface area contributed by atoms with Gasteiger partial charge in [0.2, 0.25) is 5.91 Å². The molecule has 1 atom stereocenters. The number of methoxy groups -OCH3 is 1. The van der Waals surface area contributed by atoms with E-state index in [9.17, 15) is 9.59 Å². The summed E-state index contributed by atoms with van der Waals surface area (Å²) in [5.41, 5.74) is 2.66. The van der Waals surface area contributed by atoms with Crippen molar-refractivity contribution in [1.82, 2.24) is 19.8 Å². The number of fused-ring (bicyclic) bond motifs is 1. The number of hydrogen-bond donors (Lipinski definition) is 1. The molecule has 1 fully saturated rings. The van der Waals surface area contributed by atoms with Crippen molar-refractivity contribution in [3.05, 3.63) is 57.3 Å². The van der Waals surface area contributed by atoms with E-state index < -0.39 is 0 Å². The van der Waals surface area contributed by atoms with Crippen LogP contribution in [0.1, 0.15) is 68.2 Å². The first-order valence-corrected chi connectivity index (χ1v) is 11.7. The minimum atomic E-state index is -0.165. The van der Waals surface area contributed by atoms with Crippen LogP contribution >= 0.6 is 0 Å². The molecule has 172 valence electrons. The Morgan fingerprint density at radius 2 is 2.06 bits per heavy atom. The number of para-hydroxylation sites is 1. The van der Waals surface area contributed by atoms with Gasteiger partial charge in [0.05, 0.1) is 18.8 Å². The van der Waals surface area contributed by atoms with E-state index in [1.54, 1.807) is 7.11 Å². The Kier molecular flexibility index (Phi) is 6.94. The smallest absolute Gasteiger partial charge is 0.254 e. The van der Waals surface area contributed by atoms with E-state index in [-0.39, 0.29) is 17.5 Å². The number of rotatable bonds is 6. The van der Waals surface area contributed by atoms with Gasteiger partial charge in [-0.3, -0.25) is 14.5 Å². The fourth-order valence-corrected chi connectivity index (χ4v) is 4.89. The van der Waals surface area contributed by atoms with Crippen LogP contribution in [-0.2, 0) is 24.2 Å². The number of likely N-dealkylation sites (tertiary alicyclic amines) is 1. The predicted octanol–water partition coefficient (Wildman–Crippen LogP) is 3.23. The monoisotopic (exact) mass is 438 g/mol. The first-order chi connectivity index (χ1) is 15.5. The van der Waals surface area contributed by atoms with E-state index in [2.05, 4.69) is 23.7 Å². The second-order valence-corrected chi connectivity index (χ2v) is 9.10. The van der Waals surface area contributed by atoms with Gasteiger partial charge in [0.1, 0.15) is 11.6 Å². The van der Waals surface area contributed by atoms with E-state index in [1.165, 1.54) is 0 Å². The van der Waals surface area contributed by atoms with Crippen LogP contribution < -0.4 is 10.3 Å². The van der Waals surface area contributed by atoms with Gasteiger partial charge in [-0.15, -0.1) is 0 Å². The molecule has 1 saturated heterocycles. The number of piperidine rings is 1. The quantitative estimate of drug-likeness (QED) is 0.749. The molecule has 0 saturated carbocycles. The lowest BCUT2D eigenvalue weighted by Crippen LogP contribution is -2.42. The Labute approximate surface area is 189 Å². The van der Waals surface area contributed by atoms with Crippen LogP contribution in [-0.4, -0.2) is 51.9 Å². The van der Waals surface area contributed by atoms with Crippen molar-refractivity contribution in [2.24, 2.45) is 0 Å². The summed E-state index contributed by atoms with van der Waals surface area (Å²) in [6.07, 6.45) is 4.60. The van der Waals surface area contributed by atoms with Crippen molar-refractivity contribution in [1.29, 1.82) is 0 Å². The van der Waals surface area contributed by atoms with Crippen LogP contribution in [0.4, 0.5) is 0 Å². The molecule has 7 nitrogen and oxygen atoms in total. The zero-order valence-electron chi connectivity index (χ0n) is 19.4. The molecule has 2 aliphatic rings. The number of amides is 1. The molecule has 1 amide bonds. The van der Waals surface area contributed by atoms with Crippen molar-refractivity contribution >= 4 is 5.91 Å². The molecule has 32 heavy (non-hydrogen) atoms. The Hall–Kier alpha value is -2.67. The summed E-state index contributed by atoms with van der Waals surface area (Å²) in [5, 5.41) is 0. The molecular weight excluding hydrogens is 404 g/mol. The average Bonchev–Trinajstić information content (AvgIpc) is 2.82. The molecule has 3 heterocycles. The fraction of sp³-hybridized carbons (Fsp3) is 0.560. The number of aryl methyl sites for hydroxylation is 1. The third-order valence-electron chi connectivity index (χ3n) is 6.79. The van der Waals surface area contributed by atoms with Crippen molar-refractivity contribution in [2.75, 3.05) is 20.2 Å². The Bertz CT molecular complexity index is 1020. The van der Waals surface area contributed by atoms with Gasteiger partial charge in [0.15, 0.2) is 0 Å². The summed E-state index contributed by atoms with van der Waals surface area (Å²) in [7, 11) is 1.65. The van der Waals surface area contributed by atoms with Crippen molar-refractivity contribution < 1.29 is 9.53 Å². The van der Waals surface area contributed by atoms with Crippen molar-refractivity contribution in [2.45, 2.75) is 71.0 Å². The number of aromatic nitrogens is 2. The first kappa shape index (κ1) is 22.5. The summed E-state index contributed by atoms with van der Waals surface area (Å²) in [6.45, 7) is 6.61. The average molecular weight is 439 g/mol. The van der Waals surface area contributed by atoms with Gasteiger partial charge < -0.3 is 14.6 Å². The number of nitrogens with zero attached hydrogens (tertiary/aromatic N) is 3. The second-order valence-electron chi connectivity index (χ2n) is 9.10. The number of H-pyrrole nitrogens is 1. The van der Waals surface area contributed by atoms with Gasteiger partial charge in [-0.2, -0.15) is 0 Å². The van der Waals surface area contributed by atoms with E-state index in [0.29, 0.717) is 37.8 Å². The molecule has 0 bridgehead atoms. The summed E-state index contributed by atoms with van der Waals surface area (Å²) in [6, 6.07) is 8.07. The minimum Gasteiger partial charge on any atom is -0.496 e. The van der Waals surface area contributed by atoms with Crippen LogP contribution in [0.5, 0.6) is 5.75 Å². The molecule has 0 radical (unpaired) electrons. The zero-order chi connectivity index (χ0) is 22.7. The SMILES string of the molecule is COc1ccccc1CCC(=O)N1CCCC[C@H]1c1nc2c(c(=O)[nH]1)CCN(C(C)C)C2. The normalized spacial score (nSPS) is 19.1. The maximum atomic E-state index is 13.2. The van der Waals surface area contributed by atoms with Crippen LogP contribution in [0, 0.1) is 0 Å². The topological polar surface area (TPSA) is 78.5 Å². The van der Waals surface area contributed by atoms with Crippen LogP contribution in [0.15, 0.2) is 29.1 Å². The summed E-state index contributed by atoms with van der Waals surface area (Å²) < 4.78 is 5.43. The summed E-state index contributed by atoms with van der Waals surface area (Å²) >= 11 is 0. The minimum absolute atomic E-state index is 0.0413. The van der Waals surface area contributed by atoms with Crippen LogP contribution in [0.2, 0.25) is 0 Å². The fourth-order valence-electron chi connectivity index (χ4n) is 4.89. The third-order valence-corrected chi connectivity index (χ3v) is 6.79. The molecule has 0 aliphatic carbocycles. The lowest BCUT2D eigenvalue weighted by molar-refractivity contribution is -0.135. The third kappa shape index (κ3) is 4.72. The predicted molar refractivity (Wildman–Crippen MR) is 124 cm³/mol. The number of carbonyl (C=O) groups is 1. The molecule has 7 heteroatoms. The standard InChI is InChI=1S/C25H34N4O3/c1-17(2)28-15-13-19-20(16-28)26-24(27-25(19)31)21-9-6-7-14-29(21)23(30)12-11-18-8-4-5-10-22(18)32-3/h4-5,8,10,17,21H,6-7,9,11-16H2,1-3H3,(H,26,27,31)/t21-/m0/s1. The number of carbonyl (C=O) groups excluding carboxylic acids is 1. The molecule has 4 rings (SSSR count). The second kappa shape index (κ2) is 9.86. The van der Waals surface area contributed by atoms with E-state index in [0.717, 1.165) is 54.8 Å². The Morgan fingerprint density at radius 1 is 1.25 bits per heavy atom. The number of nitrogens with one attached hydrogen (secondary N) is 1. The van der Waals surface area contributed by atoms with Gasteiger partial charge >= 0.3 is 0 Å². The van der Waals surface area contributed by atoms with Gasteiger partial charge in [0, 0.05) is 37.7 Å². The highest BCUT2D eigenvalue weighted by molar-refractivity contribution is 5.77. The largest absolute Gasteiger partial charge is 0.496 e. The lowest BCUT2D eigenvalue weighted by Gasteiger charge is -2.36. The number of ether oxygens (including phenoxy) is 1. The van der Waals surface area contributed by atoms with Crippen molar-refractivity contribution in [3.63, 3.8) is 0 Å². The van der Waals surface area contributed by atoms with E-state index in [4.69, 9.17) is 9.72 Å². The summed E-state index contributed by atoms with van der Waals surface area (Å²) in [5.74, 6) is 1.56. The van der Waals surface area contributed by atoms with Crippen LogP contribution in [0.25, 0.3) is 0 Å². The lowest BCUT2D eigenvalue weighted by atomic mass is 9.99. The highest BCUT2D eigenvalue weighted by atomic mass is 16.5. The molecule has 1 aromatic carbocycles. The van der Waals surface area contributed by atoms with E-state index >= 15 is 0 Å². The summed E-state index contributed by atoms with van der Waals surface area (Å²) in [4.78, 5) is 38.2. The van der Waals surface area contributed by atoms with Gasteiger partial charge in [-0.1, -0.05) is 18.2 Å². The molecule has 1 N–H and O–H groups in total. The number of benzene rings is 1. The first-order valence-electron chi connectivity index (χ1n) is 11.7. The highest BCUT2D eigenvalue weighted by Crippen LogP contribution is 2.30. The van der Waals surface area contributed by atoms with Gasteiger partial charge in [0.25, 0.3) is 5.56 Å².